The minimum atomic E-state index is -4.09. The van der Waals surface area contributed by atoms with E-state index < -0.39 is 22.5 Å². The van der Waals surface area contributed by atoms with Crippen LogP contribution in [0.5, 0.6) is 11.5 Å². The van der Waals surface area contributed by atoms with Gasteiger partial charge in [0.1, 0.15) is 19.8 Å². The van der Waals surface area contributed by atoms with Gasteiger partial charge in [-0.15, -0.1) is 0 Å². The first kappa shape index (κ1) is 18.1. The first-order chi connectivity index (χ1) is 12.4. The summed E-state index contributed by atoms with van der Waals surface area (Å²) in [4.78, 5) is 11.2. The zero-order valence-corrected chi connectivity index (χ0v) is 15.0. The van der Waals surface area contributed by atoms with Crippen LogP contribution in [0.15, 0.2) is 47.4 Å². The second kappa shape index (κ2) is 7.25. The van der Waals surface area contributed by atoms with Crippen molar-refractivity contribution in [3.63, 3.8) is 0 Å². The van der Waals surface area contributed by atoms with Crippen LogP contribution < -0.4 is 13.8 Å². The molecule has 0 radical (unpaired) electrons. The van der Waals surface area contributed by atoms with Gasteiger partial charge in [-0.05, 0) is 36.2 Å². The van der Waals surface area contributed by atoms with E-state index >= 15 is 0 Å². The average molecular weight is 377 g/mol. The number of rotatable bonds is 6. The maximum absolute atomic E-state index is 13.1. The van der Waals surface area contributed by atoms with E-state index in [0.717, 1.165) is 16.3 Å². The highest BCUT2D eigenvalue weighted by Gasteiger charge is 2.28. The molecular formula is C18H19NO6S. The molecule has 0 bridgehead atoms. The lowest BCUT2D eigenvalue weighted by Crippen LogP contribution is -2.35. The SMILES string of the molecule is CCc1ccc(N(CC(=O)O)S(=O)(=O)c2ccc3c(c2)OCCO3)cc1. The summed E-state index contributed by atoms with van der Waals surface area (Å²) in [6.07, 6.45) is 0.800. The van der Waals surface area contributed by atoms with E-state index in [1.54, 1.807) is 24.3 Å². The Labute approximate surface area is 151 Å². The van der Waals surface area contributed by atoms with E-state index in [0.29, 0.717) is 30.4 Å². The number of carboxylic acid groups (broad SMARTS) is 1. The molecule has 0 unspecified atom stereocenters. The van der Waals surface area contributed by atoms with Gasteiger partial charge in [0.2, 0.25) is 0 Å². The van der Waals surface area contributed by atoms with E-state index in [1.165, 1.54) is 18.2 Å². The van der Waals surface area contributed by atoms with Crippen molar-refractivity contribution in [2.45, 2.75) is 18.2 Å². The molecule has 0 aromatic heterocycles. The third-order valence-electron chi connectivity index (χ3n) is 4.01. The van der Waals surface area contributed by atoms with Gasteiger partial charge in [-0.25, -0.2) is 8.42 Å². The molecule has 2 aromatic rings. The van der Waals surface area contributed by atoms with Gasteiger partial charge < -0.3 is 14.6 Å². The predicted molar refractivity (Wildman–Crippen MR) is 95.4 cm³/mol. The molecule has 0 amide bonds. The van der Waals surface area contributed by atoms with Crippen LogP contribution in [0.4, 0.5) is 5.69 Å². The molecule has 138 valence electrons. The monoisotopic (exact) mass is 377 g/mol. The van der Waals surface area contributed by atoms with Gasteiger partial charge in [0, 0.05) is 6.07 Å². The van der Waals surface area contributed by atoms with Gasteiger partial charge in [-0.2, -0.15) is 0 Å². The number of nitrogens with zero attached hydrogens (tertiary/aromatic N) is 1. The van der Waals surface area contributed by atoms with Crippen LogP contribution in [-0.4, -0.2) is 39.3 Å². The molecule has 0 saturated heterocycles. The number of ether oxygens (including phenoxy) is 2. The number of carbonyl (C=O) groups is 1. The second-order valence-electron chi connectivity index (χ2n) is 5.73. The maximum Gasteiger partial charge on any atom is 0.324 e. The molecule has 2 aromatic carbocycles. The summed E-state index contributed by atoms with van der Waals surface area (Å²) in [5.74, 6) is -0.452. The third kappa shape index (κ3) is 3.60. The summed E-state index contributed by atoms with van der Waals surface area (Å²) in [6.45, 7) is 2.03. The van der Waals surface area contributed by atoms with Crippen molar-refractivity contribution in [3.8, 4) is 11.5 Å². The Bertz CT molecular complexity index is 908. The van der Waals surface area contributed by atoms with E-state index in [-0.39, 0.29) is 4.90 Å². The lowest BCUT2D eigenvalue weighted by atomic mass is 10.1. The highest BCUT2D eigenvalue weighted by atomic mass is 32.2. The predicted octanol–water partition coefficient (Wildman–Crippen LogP) is 2.30. The van der Waals surface area contributed by atoms with Crippen LogP contribution in [0.1, 0.15) is 12.5 Å². The van der Waals surface area contributed by atoms with Crippen molar-refractivity contribution in [2.75, 3.05) is 24.1 Å². The Morgan fingerprint density at radius 1 is 1.08 bits per heavy atom. The number of anilines is 1. The zero-order valence-electron chi connectivity index (χ0n) is 14.2. The molecule has 0 aliphatic carbocycles. The van der Waals surface area contributed by atoms with Gasteiger partial charge in [-0.3, -0.25) is 9.10 Å². The first-order valence-corrected chi connectivity index (χ1v) is 9.59. The molecule has 26 heavy (non-hydrogen) atoms. The fourth-order valence-corrected chi connectivity index (χ4v) is 4.08. The van der Waals surface area contributed by atoms with Crippen molar-refractivity contribution < 1.29 is 27.8 Å². The molecule has 0 spiro atoms. The topological polar surface area (TPSA) is 93.1 Å². The van der Waals surface area contributed by atoms with E-state index in [4.69, 9.17) is 9.47 Å². The summed E-state index contributed by atoms with van der Waals surface area (Å²) in [7, 11) is -4.09. The van der Waals surface area contributed by atoms with E-state index in [9.17, 15) is 18.3 Å². The maximum atomic E-state index is 13.1. The van der Waals surface area contributed by atoms with Crippen molar-refractivity contribution >= 4 is 21.7 Å². The van der Waals surface area contributed by atoms with Crippen molar-refractivity contribution in [3.05, 3.63) is 48.0 Å². The van der Waals surface area contributed by atoms with Crippen molar-refractivity contribution in [2.24, 2.45) is 0 Å². The summed E-state index contributed by atoms with van der Waals surface area (Å²) in [6, 6.07) is 11.0. The smallest absolute Gasteiger partial charge is 0.324 e. The molecule has 1 aliphatic rings. The summed E-state index contributed by atoms with van der Waals surface area (Å²) in [5.41, 5.74) is 1.32. The van der Waals surface area contributed by atoms with Gasteiger partial charge in [0.25, 0.3) is 10.0 Å². The van der Waals surface area contributed by atoms with Gasteiger partial charge >= 0.3 is 5.97 Å². The van der Waals surface area contributed by atoms with Crippen LogP contribution in [0, 0.1) is 0 Å². The summed E-state index contributed by atoms with van der Waals surface area (Å²) >= 11 is 0. The Balaban J connectivity index is 2.02. The fraction of sp³-hybridized carbons (Fsp3) is 0.278. The van der Waals surface area contributed by atoms with Gasteiger partial charge in [0.05, 0.1) is 10.6 Å². The van der Waals surface area contributed by atoms with E-state index in [1.807, 2.05) is 6.92 Å². The Hall–Kier alpha value is -2.74. The number of fused-ring (bicyclic) bond motifs is 1. The molecule has 1 aliphatic heterocycles. The van der Waals surface area contributed by atoms with Crippen LogP contribution in [-0.2, 0) is 21.2 Å². The molecule has 0 fully saturated rings. The lowest BCUT2D eigenvalue weighted by Gasteiger charge is -2.24. The Morgan fingerprint density at radius 2 is 1.73 bits per heavy atom. The highest BCUT2D eigenvalue weighted by molar-refractivity contribution is 7.92. The number of aliphatic carboxylic acids is 1. The van der Waals surface area contributed by atoms with Gasteiger partial charge in [0.15, 0.2) is 11.5 Å². The summed E-state index contributed by atoms with van der Waals surface area (Å²) in [5, 5.41) is 9.20. The number of carboxylic acids is 1. The van der Waals surface area contributed by atoms with Crippen molar-refractivity contribution in [1.29, 1.82) is 0 Å². The quantitative estimate of drug-likeness (QED) is 0.830. The molecule has 1 heterocycles. The normalized spacial score (nSPS) is 13.3. The average Bonchev–Trinajstić information content (AvgIpc) is 2.65. The van der Waals surface area contributed by atoms with Gasteiger partial charge in [-0.1, -0.05) is 19.1 Å². The molecular weight excluding hydrogens is 358 g/mol. The summed E-state index contributed by atoms with van der Waals surface area (Å²) < 4.78 is 37.9. The number of hydrogen-bond donors (Lipinski definition) is 1. The lowest BCUT2D eigenvalue weighted by molar-refractivity contribution is -0.135. The molecule has 8 heteroatoms. The number of benzene rings is 2. The van der Waals surface area contributed by atoms with Crippen LogP contribution in [0.3, 0.4) is 0 Å². The van der Waals surface area contributed by atoms with Crippen LogP contribution in [0.2, 0.25) is 0 Å². The van der Waals surface area contributed by atoms with Crippen LogP contribution in [0.25, 0.3) is 0 Å². The van der Waals surface area contributed by atoms with E-state index in [2.05, 4.69) is 0 Å². The second-order valence-corrected chi connectivity index (χ2v) is 7.59. The standard InChI is InChI=1S/C18H19NO6S/c1-2-13-3-5-14(6-4-13)19(12-18(20)21)26(22,23)15-7-8-16-17(11-15)25-10-9-24-16/h3-8,11H,2,9-10,12H2,1H3,(H,20,21). The largest absolute Gasteiger partial charge is 0.486 e. The minimum absolute atomic E-state index is 0.0532. The van der Waals surface area contributed by atoms with Crippen LogP contribution >= 0.6 is 0 Å². The number of sulfonamides is 1. The molecule has 3 rings (SSSR count). The third-order valence-corrected chi connectivity index (χ3v) is 5.78. The Kier molecular flexibility index (Phi) is 5.03. The first-order valence-electron chi connectivity index (χ1n) is 8.15. The number of hydrogen-bond acceptors (Lipinski definition) is 5. The number of aryl methyl sites for hydroxylation is 1. The highest BCUT2D eigenvalue weighted by Crippen LogP contribution is 2.34. The van der Waals surface area contributed by atoms with Crippen molar-refractivity contribution in [1.82, 2.24) is 0 Å². The Morgan fingerprint density at radius 3 is 2.35 bits per heavy atom. The molecule has 0 saturated carbocycles. The zero-order chi connectivity index (χ0) is 18.7. The molecule has 0 atom stereocenters. The minimum Gasteiger partial charge on any atom is -0.486 e. The molecule has 1 N–H and O–H groups in total. The molecule has 7 nitrogen and oxygen atoms in total. The fourth-order valence-electron chi connectivity index (χ4n) is 2.65.